The van der Waals surface area contributed by atoms with Crippen molar-refractivity contribution < 1.29 is 9.53 Å². The van der Waals surface area contributed by atoms with Gasteiger partial charge in [0.05, 0.1) is 17.5 Å². The van der Waals surface area contributed by atoms with Crippen LogP contribution in [0.3, 0.4) is 0 Å². The van der Waals surface area contributed by atoms with Gasteiger partial charge in [-0.05, 0) is 23.9 Å². The molecular formula is C10H10O2S2. The molecule has 74 valence electrons. The second-order valence-corrected chi connectivity index (χ2v) is 5.47. The van der Waals surface area contributed by atoms with Crippen molar-refractivity contribution in [2.75, 3.05) is 7.11 Å². The number of carbonyl (C=O) groups excluding carboxylic acids is 1. The summed E-state index contributed by atoms with van der Waals surface area (Å²) in [7, 11) is 1.42. The molecule has 2 nitrogen and oxygen atoms in total. The van der Waals surface area contributed by atoms with Crippen molar-refractivity contribution in [1.82, 2.24) is 0 Å². The Morgan fingerprint density at radius 1 is 1.57 bits per heavy atom. The van der Waals surface area contributed by atoms with E-state index in [2.05, 4.69) is 17.7 Å². The molecule has 14 heavy (non-hydrogen) atoms. The predicted octanol–water partition coefficient (Wildman–Crippen LogP) is 2.99. The lowest BCUT2D eigenvalue weighted by atomic mass is 10.2. The fraction of sp³-hybridized carbons (Fsp3) is 0.300. The van der Waals surface area contributed by atoms with E-state index in [0.717, 1.165) is 5.56 Å². The predicted molar refractivity (Wildman–Crippen MR) is 60.2 cm³/mol. The Kier molecular flexibility index (Phi) is 2.56. The summed E-state index contributed by atoms with van der Waals surface area (Å²) in [5, 5.41) is 3.25. The van der Waals surface area contributed by atoms with Gasteiger partial charge in [-0.25, -0.2) is 0 Å². The Labute approximate surface area is 90.1 Å². The smallest absolute Gasteiger partial charge is 0.310 e. The Hall–Kier alpha value is -0.870. The van der Waals surface area contributed by atoms with Gasteiger partial charge in [0.25, 0.3) is 0 Å². The van der Waals surface area contributed by atoms with Crippen molar-refractivity contribution in [2.24, 2.45) is 0 Å². The lowest BCUT2D eigenvalue weighted by molar-refractivity contribution is -0.139. The summed E-state index contributed by atoms with van der Waals surface area (Å²) in [5.41, 5.74) is 1.08. The Balaban J connectivity index is 2.37. The summed E-state index contributed by atoms with van der Waals surface area (Å²) in [4.78, 5) is 12.4. The summed E-state index contributed by atoms with van der Waals surface area (Å²) < 4.78 is 5.94. The summed E-state index contributed by atoms with van der Waals surface area (Å²) in [6.07, 6.45) is 0.382. The monoisotopic (exact) mass is 226 g/mol. The maximum Gasteiger partial charge on any atom is 0.310 e. The number of rotatable bonds is 2. The maximum atomic E-state index is 11.1. The SMILES string of the molecule is COC(=O)Cc1csc2sc(C)cc12. The normalized spacial score (nSPS) is 10.7. The van der Waals surface area contributed by atoms with Crippen LogP contribution in [0.15, 0.2) is 11.4 Å². The fourth-order valence-corrected chi connectivity index (χ4v) is 3.63. The molecule has 0 aliphatic rings. The van der Waals surface area contributed by atoms with E-state index in [0.29, 0.717) is 6.42 Å². The molecule has 4 heteroatoms. The van der Waals surface area contributed by atoms with E-state index in [1.807, 2.05) is 5.38 Å². The molecule has 0 aliphatic carbocycles. The first-order chi connectivity index (χ1) is 6.70. The van der Waals surface area contributed by atoms with Crippen LogP contribution in [0.2, 0.25) is 0 Å². The van der Waals surface area contributed by atoms with Crippen LogP contribution in [-0.4, -0.2) is 13.1 Å². The first-order valence-corrected chi connectivity index (χ1v) is 5.93. The molecule has 2 aromatic rings. The van der Waals surface area contributed by atoms with Crippen molar-refractivity contribution in [2.45, 2.75) is 13.3 Å². The van der Waals surface area contributed by atoms with Crippen LogP contribution < -0.4 is 0 Å². The molecule has 2 heterocycles. The van der Waals surface area contributed by atoms with Crippen LogP contribution in [0.4, 0.5) is 0 Å². The van der Waals surface area contributed by atoms with E-state index in [1.165, 1.54) is 21.4 Å². The Morgan fingerprint density at radius 3 is 3.07 bits per heavy atom. The number of ether oxygens (including phenoxy) is 1. The molecule has 0 aliphatic heterocycles. The van der Waals surface area contributed by atoms with Gasteiger partial charge in [-0.3, -0.25) is 4.79 Å². The molecule has 0 bridgehead atoms. The zero-order chi connectivity index (χ0) is 10.1. The fourth-order valence-electron chi connectivity index (χ4n) is 1.36. The standard InChI is InChI=1S/C10H10O2S2/c1-6-3-8-7(4-9(11)12-2)5-13-10(8)14-6/h3,5H,4H2,1-2H3. The molecule has 0 spiro atoms. The van der Waals surface area contributed by atoms with Gasteiger partial charge >= 0.3 is 5.97 Å². The van der Waals surface area contributed by atoms with Crippen molar-refractivity contribution in [3.05, 3.63) is 21.9 Å². The highest BCUT2D eigenvalue weighted by Crippen LogP contribution is 2.33. The highest BCUT2D eigenvalue weighted by Gasteiger charge is 2.10. The molecule has 0 radical (unpaired) electrons. The van der Waals surface area contributed by atoms with E-state index in [-0.39, 0.29) is 5.97 Å². The van der Waals surface area contributed by atoms with E-state index >= 15 is 0 Å². The van der Waals surface area contributed by atoms with Crippen LogP contribution in [0.1, 0.15) is 10.4 Å². The molecule has 0 N–H and O–H groups in total. The van der Waals surface area contributed by atoms with E-state index in [4.69, 9.17) is 0 Å². The van der Waals surface area contributed by atoms with Gasteiger partial charge in [0, 0.05) is 10.3 Å². The van der Waals surface area contributed by atoms with Crippen molar-refractivity contribution in [1.29, 1.82) is 0 Å². The number of esters is 1. The number of aryl methyl sites for hydroxylation is 1. The van der Waals surface area contributed by atoms with E-state index in [1.54, 1.807) is 22.7 Å². The van der Waals surface area contributed by atoms with E-state index < -0.39 is 0 Å². The van der Waals surface area contributed by atoms with Crippen molar-refractivity contribution >= 4 is 38.0 Å². The van der Waals surface area contributed by atoms with E-state index in [9.17, 15) is 4.79 Å². The van der Waals surface area contributed by atoms with Crippen molar-refractivity contribution in [3.8, 4) is 0 Å². The minimum Gasteiger partial charge on any atom is -0.469 e. The van der Waals surface area contributed by atoms with Crippen molar-refractivity contribution in [3.63, 3.8) is 0 Å². The number of methoxy groups -OCH3 is 1. The summed E-state index contributed by atoms with van der Waals surface area (Å²) in [6, 6.07) is 2.13. The summed E-state index contributed by atoms with van der Waals surface area (Å²) >= 11 is 3.47. The number of fused-ring (bicyclic) bond motifs is 1. The Morgan fingerprint density at radius 2 is 2.36 bits per heavy atom. The van der Waals surface area contributed by atoms with Crippen LogP contribution in [0.5, 0.6) is 0 Å². The van der Waals surface area contributed by atoms with Gasteiger partial charge in [0.1, 0.15) is 0 Å². The van der Waals surface area contributed by atoms with Gasteiger partial charge in [-0.2, -0.15) is 0 Å². The van der Waals surface area contributed by atoms with Gasteiger partial charge in [0.2, 0.25) is 0 Å². The molecule has 0 fully saturated rings. The minimum atomic E-state index is -0.173. The lowest BCUT2D eigenvalue weighted by Gasteiger charge is -1.95. The number of hydrogen-bond donors (Lipinski definition) is 0. The third-order valence-electron chi connectivity index (χ3n) is 2.04. The topological polar surface area (TPSA) is 26.3 Å². The van der Waals surface area contributed by atoms with Crippen LogP contribution in [-0.2, 0) is 16.0 Å². The van der Waals surface area contributed by atoms with Gasteiger partial charge in [-0.1, -0.05) is 0 Å². The van der Waals surface area contributed by atoms with Gasteiger partial charge in [0.15, 0.2) is 0 Å². The zero-order valence-corrected chi connectivity index (χ0v) is 9.63. The highest BCUT2D eigenvalue weighted by atomic mass is 32.2. The number of hydrogen-bond acceptors (Lipinski definition) is 4. The van der Waals surface area contributed by atoms with Gasteiger partial charge in [-0.15, -0.1) is 22.7 Å². The third-order valence-corrected chi connectivity index (χ3v) is 4.26. The number of carbonyl (C=O) groups is 1. The number of thiophene rings is 2. The molecule has 0 aromatic carbocycles. The average molecular weight is 226 g/mol. The highest BCUT2D eigenvalue weighted by molar-refractivity contribution is 7.37. The zero-order valence-electron chi connectivity index (χ0n) is 7.99. The second-order valence-electron chi connectivity index (χ2n) is 3.07. The molecule has 0 unspecified atom stereocenters. The molecule has 0 atom stereocenters. The molecule has 0 saturated carbocycles. The lowest BCUT2D eigenvalue weighted by Crippen LogP contribution is -2.03. The molecule has 2 rings (SSSR count). The first kappa shape index (κ1) is 9.68. The molecule has 0 amide bonds. The van der Waals surface area contributed by atoms with Crippen LogP contribution in [0, 0.1) is 6.92 Å². The van der Waals surface area contributed by atoms with Crippen LogP contribution in [0.25, 0.3) is 9.40 Å². The molecule has 2 aromatic heterocycles. The van der Waals surface area contributed by atoms with Crippen LogP contribution >= 0.6 is 22.7 Å². The second kappa shape index (κ2) is 3.71. The quantitative estimate of drug-likeness (QED) is 0.736. The molecule has 0 saturated heterocycles. The third kappa shape index (κ3) is 1.67. The van der Waals surface area contributed by atoms with Gasteiger partial charge < -0.3 is 4.74 Å². The minimum absolute atomic E-state index is 0.173. The largest absolute Gasteiger partial charge is 0.469 e. The Bertz CT molecular complexity index is 467. The molecular weight excluding hydrogens is 216 g/mol. The average Bonchev–Trinajstić information content (AvgIpc) is 2.67. The summed E-state index contributed by atoms with van der Waals surface area (Å²) in [6.45, 7) is 2.08. The maximum absolute atomic E-state index is 11.1. The summed E-state index contributed by atoms with van der Waals surface area (Å²) in [5.74, 6) is -0.173. The first-order valence-electron chi connectivity index (χ1n) is 4.24.